The van der Waals surface area contributed by atoms with E-state index < -0.39 is 15.1 Å². The van der Waals surface area contributed by atoms with Crippen LogP contribution in [0.2, 0.25) is 0 Å². The third kappa shape index (κ3) is 1.92. The van der Waals surface area contributed by atoms with E-state index in [1.807, 2.05) is 12.1 Å². The van der Waals surface area contributed by atoms with Gasteiger partial charge in [-0.3, -0.25) is 0 Å². The van der Waals surface area contributed by atoms with Gasteiger partial charge in [-0.15, -0.1) is 0 Å². The Morgan fingerprint density at radius 3 is 2.17 bits per heavy atom. The molecule has 2 aromatic rings. The van der Waals surface area contributed by atoms with Crippen molar-refractivity contribution in [2.75, 3.05) is 0 Å². The Balaban J connectivity index is 2.63. The first-order chi connectivity index (χ1) is 8.59. The Labute approximate surface area is 105 Å². The van der Waals surface area contributed by atoms with Crippen molar-refractivity contribution in [3.63, 3.8) is 0 Å². The lowest BCUT2D eigenvalue weighted by Gasteiger charge is -2.05. The lowest BCUT2D eigenvalue weighted by atomic mass is 10.1. The molecule has 18 heavy (non-hydrogen) atoms. The molecule has 0 atom stereocenters. The van der Waals surface area contributed by atoms with E-state index in [0.717, 1.165) is 10.8 Å². The van der Waals surface area contributed by atoms with Gasteiger partial charge in [0, 0.05) is 0 Å². The normalized spacial score (nSPS) is 11.1. The zero-order chi connectivity index (χ0) is 13.2. The van der Waals surface area contributed by atoms with Crippen molar-refractivity contribution in [2.45, 2.75) is 10.1 Å². The van der Waals surface area contributed by atoms with E-state index in [0.29, 0.717) is 0 Å². The molecule has 0 saturated heterocycles. The summed E-state index contributed by atoms with van der Waals surface area (Å²) in [5.41, 5.74) is 0. The minimum Gasteiger partial charge on any atom is -0.221 e. The molecule has 0 saturated carbocycles. The van der Waals surface area contributed by atoms with Crippen molar-refractivity contribution >= 4 is 20.6 Å². The van der Waals surface area contributed by atoms with Gasteiger partial charge in [0.15, 0.2) is 0 Å². The van der Waals surface area contributed by atoms with Crippen molar-refractivity contribution in [1.82, 2.24) is 0 Å². The number of hydrogen-bond donors (Lipinski definition) is 0. The molecule has 0 radical (unpaired) electrons. The van der Waals surface area contributed by atoms with Gasteiger partial charge in [0.2, 0.25) is 15.1 Å². The number of rotatable bonds is 2. The van der Waals surface area contributed by atoms with E-state index in [1.165, 1.54) is 24.3 Å². The molecule has 0 aliphatic rings. The molecule has 0 aromatic heterocycles. The SMILES string of the molecule is N#CC(C#N)S(=O)(=O)c1ccc2ccccc2c1. The van der Waals surface area contributed by atoms with E-state index in [1.54, 1.807) is 18.2 Å². The van der Waals surface area contributed by atoms with Crippen molar-refractivity contribution < 1.29 is 8.42 Å². The van der Waals surface area contributed by atoms with Crippen LogP contribution < -0.4 is 0 Å². The molecule has 2 rings (SSSR count). The molecule has 2 aromatic carbocycles. The number of hydrogen-bond acceptors (Lipinski definition) is 4. The summed E-state index contributed by atoms with van der Waals surface area (Å²) in [6, 6.07) is 14.8. The maximum Gasteiger partial charge on any atom is 0.237 e. The second-order valence-corrected chi connectivity index (χ2v) is 5.73. The molecular formula is C13H8N2O2S. The summed E-state index contributed by atoms with van der Waals surface area (Å²) in [6.07, 6.45) is 0. The summed E-state index contributed by atoms with van der Waals surface area (Å²) >= 11 is 0. The molecule has 0 amide bonds. The predicted molar refractivity (Wildman–Crippen MR) is 66.1 cm³/mol. The van der Waals surface area contributed by atoms with Crippen LogP contribution in [0.3, 0.4) is 0 Å². The zero-order valence-corrected chi connectivity index (χ0v) is 10.1. The molecule has 0 aliphatic heterocycles. The fourth-order valence-electron chi connectivity index (χ4n) is 1.65. The first-order valence-corrected chi connectivity index (χ1v) is 6.66. The fourth-order valence-corrected chi connectivity index (χ4v) is 2.75. The third-order valence-corrected chi connectivity index (χ3v) is 4.34. The van der Waals surface area contributed by atoms with Crippen molar-refractivity contribution in [1.29, 1.82) is 10.5 Å². The highest BCUT2D eigenvalue weighted by atomic mass is 32.2. The number of benzene rings is 2. The van der Waals surface area contributed by atoms with Crippen molar-refractivity contribution in [3.8, 4) is 12.1 Å². The van der Waals surface area contributed by atoms with E-state index in [9.17, 15) is 8.42 Å². The number of sulfone groups is 1. The van der Waals surface area contributed by atoms with E-state index in [4.69, 9.17) is 10.5 Å². The second kappa shape index (κ2) is 4.48. The molecule has 0 aliphatic carbocycles. The van der Waals surface area contributed by atoms with E-state index >= 15 is 0 Å². The highest BCUT2D eigenvalue weighted by Gasteiger charge is 2.27. The lowest BCUT2D eigenvalue weighted by molar-refractivity contribution is 0.595. The third-order valence-electron chi connectivity index (χ3n) is 2.59. The summed E-state index contributed by atoms with van der Waals surface area (Å²) in [6.45, 7) is 0. The van der Waals surface area contributed by atoms with E-state index in [-0.39, 0.29) is 4.90 Å². The summed E-state index contributed by atoms with van der Waals surface area (Å²) in [7, 11) is -3.91. The molecule has 0 N–H and O–H groups in total. The Morgan fingerprint density at radius 1 is 0.944 bits per heavy atom. The number of nitrogens with zero attached hydrogens (tertiary/aromatic N) is 2. The van der Waals surface area contributed by atoms with Gasteiger partial charge in [0.25, 0.3) is 0 Å². The maximum absolute atomic E-state index is 12.0. The molecule has 4 nitrogen and oxygen atoms in total. The highest BCUT2D eigenvalue weighted by molar-refractivity contribution is 7.92. The number of nitriles is 2. The second-order valence-electron chi connectivity index (χ2n) is 3.69. The fraction of sp³-hybridized carbons (Fsp3) is 0.0769. The van der Waals surface area contributed by atoms with Crippen LogP contribution in [0.4, 0.5) is 0 Å². The van der Waals surface area contributed by atoms with Gasteiger partial charge in [0.05, 0.1) is 17.0 Å². The molecule has 5 heteroatoms. The Bertz CT molecular complexity index is 768. The van der Waals surface area contributed by atoms with E-state index in [2.05, 4.69) is 0 Å². The van der Waals surface area contributed by atoms with Gasteiger partial charge in [-0.1, -0.05) is 30.3 Å². The summed E-state index contributed by atoms with van der Waals surface area (Å²) in [5.74, 6) is 0. The van der Waals surface area contributed by atoms with Crippen molar-refractivity contribution in [2.24, 2.45) is 0 Å². The van der Waals surface area contributed by atoms with Crippen LogP contribution in [0.15, 0.2) is 47.4 Å². The standard InChI is InChI=1S/C13H8N2O2S/c14-8-13(9-15)18(16,17)12-6-5-10-3-1-2-4-11(10)7-12/h1-7,13H. The van der Waals surface area contributed by atoms with Gasteiger partial charge >= 0.3 is 0 Å². The van der Waals surface area contributed by atoms with Crippen LogP contribution in [0.1, 0.15) is 0 Å². The molecular weight excluding hydrogens is 248 g/mol. The van der Waals surface area contributed by atoms with Crippen LogP contribution in [-0.2, 0) is 9.84 Å². The summed E-state index contributed by atoms with van der Waals surface area (Å²) < 4.78 is 24.0. The molecule has 0 unspecified atom stereocenters. The first kappa shape index (κ1) is 12.1. The van der Waals surface area contributed by atoms with Gasteiger partial charge in [-0.25, -0.2) is 8.42 Å². The Hall–Kier alpha value is -2.37. The highest BCUT2D eigenvalue weighted by Crippen LogP contribution is 2.21. The summed E-state index contributed by atoms with van der Waals surface area (Å²) in [5, 5.41) is 17.4. The molecule has 0 fully saturated rings. The Kier molecular flexibility index (Phi) is 3.01. The minimum absolute atomic E-state index is 0.00528. The summed E-state index contributed by atoms with van der Waals surface area (Å²) in [4.78, 5) is -0.00528. The van der Waals surface area contributed by atoms with Crippen molar-refractivity contribution in [3.05, 3.63) is 42.5 Å². The maximum atomic E-state index is 12.0. The first-order valence-electron chi connectivity index (χ1n) is 5.11. The molecule has 0 heterocycles. The molecule has 0 spiro atoms. The van der Waals surface area contributed by atoms with Crippen LogP contribution in [-0.4, -0.2) is 13.7 Å². The average molecular weight is 256 g/mol. The van der Waals surface area contributed by atoms with Gasteiger partial charge < -0.3 is 0 Å². The lowest BCUT2D eigenvalue weighted by Crippen LogP contribution is -2.17. The monoisotopic (exact) mass is 256 g/mol. The van der Waals surface area contributed by atoms with Crippen LogP contribution >= 0.6 is 0 Å². The van der Waals surface area contributed by atoms with Crippen LogP contribution in [0, 0.1) is 22.7 Å². The predicted octanol–water partition coefficient (Wildman–Crippen LogP) is 2.03. The molecule has 0 bridgehead atoms. The van der Waals surface area contributed by atoms with Crippen LogP contribution in [0.5, 0.6) is 0 Å². The smallest absolute Gasteiger partial charge is 0.221 e. The van der Waals surface area contributed by atoms with Gasteiger partial charge in [-0.2, -0.15) is 10.5 Å². The number of fused-ring (bicyclic) bond motifs is 1. The quantitative estimate of drug-likeness (QED) is 0.823. The minimum atomic E-state index is -3.91. The van der Waals surface area contributed by atoms with Gasteiger partial charge in [0.1, 0.15) is 0 Å². The van der Waals surface area contributed by atoms with Gasteiger partial charge in [-0.05, 0) is 22.9 Å². The van der Waals surface area contributed by atoms with Crippen LogP contribution in [0.25, 0.3) is 10.8 Å². The largest absolute Gasteiger partial charge is 0.237 e. The topological polar surface area (TPSA) is 81.7 Å². The Morgan fingerprint density at radius 2 is 1.56 bits per heavy atom. The average Bonchev–Trinajstić information content (AvgIpc) is 2.39. The zero-order valence-electron chi connectivity index (χ0n) is 9.24. The molecule has 88 valence electrons.